The lowest BCUT2D eigenvalue weighted by atomic mass is 10.0. The first kappa shape index (κ1) is 23.9. The highest BCUT2D eigenvalue weighted by molar-refractivity contribution is 6.00. The fraction of sp³-hybridized carbons (Fsp3) is 0.179. The summed E-state index contributed by atoms with van der Waals surface area (Å²) in [6, 6.07) is 23.2. The molecule has 4 aromatic rings. The number of carbonyl (C=O) groups is 1. The Morgan fingerprint density at radius 3 is 2.51 bits per heavy atom. The van der Waals surface area contributed by atoms with E-state index in [0.717, 1.165) is 5.56 Å². The summed E-state index contributed by atoms with van der Waals surface area (Å²) in [6.07, 6.45) is 1.46. The van der Waals surface area contributed by atoms with Crippen molar-refractivity contribution in [3.63, 3.8) is 0 Å². The molecule has 0 spiro atoms. The van der Waals surface area contributed by atoms with Crippen LogP contribution in [0.15, 0.2) is 85.1 Å². The van der Waals surface area contributed by atoms with E-state index in [-0.39, 0.29) is 36.1 Å². The third-order valence-electron chi connectivity index (χ3n) is 5.55. The van der Waals surface area contributed by atoms with Crippen molar-refractivity contribution in [3.8, 4) is 17.0 Å². The van der Waals surface area contributed by atoms with Crippen molar-refractivity contribution in [2.75, 3.05) is 12.4 Å². The molecule has 3 aromatic carbocycles. The number of benzene rings is 3. The van der Waals surface area contributed by atoms with Crippen molar-refractivity contribution in [2.24, 2.45) is 0 Å². The van der Waals surface area contributed by atoms with E-state index in [1.807, 2.05) is 62.4 Å². The van der Waals surface area contributed by atoms with Crippen molar-refractivity contribution in [2.45, 2.75) is 26.4 Å². The molecule has 0 aliphatic heterocycles. The van der Waals surface area contributed by atoms with E-state index in [4.69, 9.17) is 4.74 Å². The number of nitrogens with zero attached hydrogens (tertiary/aromatic N) is 3. The highest BCUT2D eigenvalue weighted by Gasteiger charge is 2.25. The molecule has 7 heteroatoms. The molecular formula is C28H29FN4O2. The average molecular weight is 473 g/mol. The summed E-state index contributed by atoms with van der Waals surface area (Å²) in [4.78, 5) is 24.4. The molecule has 1 amide bonds. The Morgan fingerprint density at radius 2 is 1.80 bits per heavy atom. The maximum atomic E-state index is 14.9. The zero-order valence-electron chi connectivity index (χ0n) is 19.9. The Bertz CT molecular complexity index is 1320. The van der Waals surface area contributed by atoms with Gasteiger partial charge in [-0.25, -0.2) is 14.4 Å². The summed E-state index contributed by atoms with van der Waals surface area (Å²) in [7, 11) is 1.59. The Balaban J connectivity index is 0.00000361. The molecule has 1 aromatic heterocycles. The number of halogens is 1. The van der Waals surface area contributed by atoms with Crippen molar-refractivity contribution in [1.82, 2.24) is 14.9 Å². The van der Waals surface area contributed by atoms with Gasteiger partial charge in [0, 0.05) is 37.5 Å². The zero-order valence-corrected chi connectivity index (χ0v) is 19.9. The predicted molar refractivity (Wildman–Crippen MR) is 137 cm³/mol. The molecule has 0 unspecified atom stereocenters. The van der Waals surface area contributed by atoms with Crippen LogP contribution in [0.1, 0.15) is 31.2 Å². The predicted octanol–water partition coefficient (Wildman–Crippen LogP) is 6.33. The normalized spacial score (nSPS) is 10.8. The second-order valence-electron chi connectivity index (χ2n) is 8.31. The quantitative estimate of drug-likeness (QED) is 0.324. The summed E-state index contributed by atoms with van der Waals surface area (Å²) in [5.74, 6) is 0.179. The first-order valence-electron chi connectivity index (χ1n) is 11.3. The van der Waals surface area contributed by atoms with Crippen LogP contribution in [0.3, 0.4) is 0 Å². The summed E-state index contributed by atoms with van der Waals surface area (Å²) < 4.78 is 20.1. The highest BCUT2D eigenvalue weighted by Crippen LogP contribution is 2.28. The number of nitrogens with one attached hydrogen (secondary N) is 1. The number of carbonyl (C=O) groups excluding carboxylic acids is 1. The first-order chi connectivity index (χ1) is 17.0. The average Bonchev–Trinajstić information content (AvgIpc) is 2.88. The van der Waals surface area contributed by atoms with E-state index in [2.05, 4.69) is 15.3 Å². The Labute approximate surface area is 205 Å². The van der Waals surface area contributed by atoms with Crippen LogP contribution in [-0.2, 0) is 6.54 Å². The lowest BCUT2D eigenvalue weighted by molar-refractivity contribution is 0.0690. The maximum absolute atomic E-state index is 14.9. The molecule has 0 aliphatic carbocycles. The number of aromatic nitrogens is 2. The maximum Gasteiger partial charge on any atom is 0.258 e. The van der Waals surface area contributed by atoms with Gasteiger partial charge in [0.1, 0.15) is 11.6 Å². The van der Waals surface area contributed by atoms with Crippen LogP contribution in [0, 0.1) is 5.82 Å². The lowest BCUT2D eigenvalue weighted by Crippen LogP contribution is -2.37. The van der Waals surface area contributed by atoms with Gasteiger partial charge in [-0.15, -0.1) is 0 Å². The molecule has 0 fully saturated rings. The second-order valence-corrected chi connectivity index (χ2v) is 8.31. The number of rotatable bonds is 8. The van der Waals surface area contributed by atoms with Crippen LogP contribution < -0.4 is 10.1 Å². The lowest BCUT2D eigenvalue weighted by Gasteiger charge is -2.27. The molecule has 0 saturated carbocycles. The molecule has 35 heavy (non-hydrogen) atoms. The van der Waals surface area contributed by atoms with Gasteiger partial charge in [0.15, 0.2) is 0 Å². The second kappa shape index (κ2) is 10.8. The van der Waals surface area contributed by atoms with Gasteiger partial charge in [-0.05, 0) is 43.7 Å². The summed E-state index contributed by atoms with van der Waals surface area (Å²) in [5, 5.41) is 3.12. The van der Waals surface area contributed by atoms with Gasteiger partial charge in [0.25, 0.3) is 5.91 Å². The molecule has 0 radical (unpaired) electrons. The molecule has 0 aliphatic rings. The molecule has 0 saturated heterocycles. The standard InChI is InChI=1S/C28H27FN4O2.H2/c1-19(2)33(18-20-10-5-4-6-11-20)27(34)24-17-30-28(31-21-12-9-13-22(16-21)35-3)32-26(24)23-14-7-8-15-25(23)29;/h4-17,19H,18H2,1-3H3,(H,30,31,32);1H. The molecule has 1 heterocycles. The number of ether oxygens (including phenoxy) is 1. The van der Waals surface area contributed by atoms with Gasteiger partial charge >= 0.3 is 0 Å². The van der Waals surface area contributed by atoms with E-state index in [1.54, 1.807) is 36.3 Å². The van der Waals surface area contributed by atoms with Gasteiger partial charge in [0.05, 0.1) is 18.4 Å². The topological polar surface area (TPSA) is 67.3 Å². The van der Waals surface area contributed by atoms with Crippen LogP contribution in [0.2, 0.25) is 0 Å². The number of methoxy groups -OCH3 is 1. The fourth-order valence-electron chi connectivity index (χ4n) is 3.71. The molecule has 6 nitrogen and oxygen atoms in total. The molecule has 0 atom stereocenters. The van der Waals surface area contributed by atoms with Gasteiger partial charge in [-0.2, -0.15) is 0 Å². The van der Waals surface area contributed by atoms with Gasteiger partial charge in [0.2, 0.25) is 5.95 Å². The zero-order chi connectivity index (χ0) is 24.8. The first-order valence-corrected chi connectivity index (χ1v) is 11.3. The minimum atomic E-state index is -0.466. The van der Waals surface area contributed by atoms with Crippen LogP contribution in [0.25, 0.3) is 11.3 Å². The Hall–Kier alpha value is -4.26. The van der Waals surface area contributed by atoms with Crippen molar-refractivity contribution < 1.29 is 15.3 Å². The van der Waals surface area contributed by atoms with E-state index in [0.29, 0.717) is 18.0 Å². The molecule has 180 valence electrons. The number of amides is 1. The van der Waals surface area contributed by atoms with E-state index in [9.17, 15) is 9.18 Å². The number of hydrogen-bond acceptors (Lipinski definition) is 5. The molecular weight excluding hydrogens is 443 g/mol. The minimum absolute atomic E-state index is 0. The van der Waals surface area contributed by atoms with Gasteiger partial charge < -0.3 is 15.0 Å². The summed E-state index contributed by atoms with van der Waals surface area (Å²) in [5.41, 5.74) is 2.40. The third kappa shape index (κ3) is 5.63. The van der Waals surface area contributed by atoms with Crippen LogP contribution in [0.4, 0.5) is 16.0 Å². The van der Waals surface area contributed by atoms with E-state index >= 15 is 0 Å². The van der Waals surface area contributed by atoms with Crippen molar-refractivity contribution in [1.29, 1.82) is 0 Å². The molecule has 0 bridgehead atoms. The van der Waals surface area contributed by atoms with E-state index < -0.39 is 5.82 Å². The number of anilines is 2. The summed E-state index contributed by atoms with van der Waals surface area (Å²) >= 11 is 0. The van der Waals surface area contributed by atoms with Crippen molar-refractivity contribution in [3.05, 3.63) is 102 Å². The largest absolute Gasteiger partial charge is 0.497 e. The van der Waals surface area contributed by atoms with Gasteiger partial charge in [-0.3, -0.25) is 4.79 Å². The van der Waals surface area contributed by atoms with Gasteiger partial charge in [-0.1, -0.05) is 48.5 Å². The molecule has 4 rings (SSSR count). The summed E-state index contributed by atoms with van der Waals surface area (Å²) in [6.45, 7) is 4.31. The number of hydrogen-bond donors (Lipinski definition) is 1. The fourth-order valence-corrected chi connectivity index (χ4v) is 3.71. The SMILES string of the molecule is COc1cccc(Nc2ncc(C(=O)N(Cc3ccccc3)C(C)C)c(-c3ccccc3F)n2)c1.[HH]. The third-order valence-corrected chi connectivity index (χ3v) is 5.55. The molecule has 1 N–H and O–H groups in total. The van der Waals surface area contributed by atoms with Crippen LogP contribution in [-0.4, -0.2) is 33.9 Å². The minimum Gasteiger partial charge on any atom is -0.497 e. The smallest absolute Gasteiger partial charge is 0.258 e. The van der Waals surface area contributed by atoms with E-state index in [1.165, 1.54) is 12.3 Å². The van der Waals surface area contributed by atoms with Crippen LogP contribution in [0.5, 0.6) is 5.75 Å². The highest BCUT2D eigenvalue weighted by atomic mass is 19.1. The Kier molecular flexibility index (Phi) is 7.35. The van der Waals surface area contributed by atoms with Crippen LogP contribution >= 0.6 is 0 Å². The monoisotopic (exact) mass is 472 g/mol. The van der Waals surface area contributed by atoms with Crippen molar-refractivity contribution >= 4 is 17.5 Å². The Morgan fingerprint density at radius 1 is 1.06 bits per heavy atom.